The van der Waals surface area contributed by atoms with E-state index in [1.165, 1.54) is 36.4 Å². The van der Waals surface area contributed by atoms with Gasteiger partial charge in [-0.3, -0.25) is 29.7 Å². The molecule has 52 nitrogen and oxygen atoms in total. The van der Waals surface area contributed by atoms with Gasteiger partial charge in [0.05, 0.1) is 47.8 Å². The van der Waals surface area contributed by atoms with Crippen LogP contribution in [0.4, 0.5) is 52.7 Å². The molecule has 0 saturated heterocycles. The van der Waals surface area contributed by atoms with Gasteiger partial charge in [0.15, 0.2) is 20.3 Å². The Bertz CT molecular complexity index is 5910. The fraction of sp³-hybridized carbons (Fsp3) is 0.526. The first-order valence-electron chi connectivity index (χ1n) is 27.1. The van der Waals surface area contributed by atoms with E-state index in [4.69, 9.17) is 9.66 Å². The Morgan fingerprint density at radius 1 is 0.301 bits per heavy atom. The van der Waals surface area contributed by atoms with Gasteiger partial charge in [-0.15, -0.1) is 0 Å². The Morgan fingerprint density at radius 2 is 0.528 bits per heavy atom. The van der Waals surface area contributed by atoms with Crippen molar-refractivity contribution in [3.63, 3.8) is 0 Å². The number of primary sulfonamides is 3. The first-order chi connectivity index (χ1) is 53.8. The van der Waals surface area contributed by atoms with E-state index in [0.29, 0.717) is 14.2 Å². The fourth-order valence-electron chi connectivity index (χ4n) is 4.84. The summed E-state index contributed by atoms with van der Waals surface area (Å²) < 4.78 is 570. The molecular formula is C38H56Cl3F12N3O49S18. The number of sulfonamides is 3. The molecule has 3 aromatic carbocycles. The number of alkyl halides is 12. The van der Waals surface area contributed by atoms with Gasteiger partial charge in [-0.2, -0.15) is 162 Å². The van der Waals surface area contributed by atoms with Gasteiger partial charge < -0.3 is 17.7 Å². The largest absolute Gasteiger partial charge is 0.496 e. The summed E-state index contributed by atoms with van der Waals surface area (Å²) in [6.45, 7) is -2.72. The third-order valence-electron chi connectivity index (χ3n) is 8.62. The van der Waals surface area contributed by atoms with Gasteiger partial charge in [0.25, 0.3) is 70.8 Å². The van der Waals surface area contributed by atoms with Crippen LogP contribution in [0.2, 0.25) is 0 Å². The summed E-state index contributed by atoms with van der Waals surface area (Å²) in [5.74, 6) is 0.112. The van der Waals surface area contributed by atoms with Crippen LogP contribution in [-0.4, -0.2) is 279 Å². The molecule has 0 saturated carbocycles. The third kappa shape index (κ3) is 66.7. The van der Waals surface area contributed by atoms with Crippen LogP contribution in [0, 0.1) is 0 Å². The number of aliphatic hydroxyl groups is 1. The maximum absolute atomic E-state index is 12.6. The zero-order valence-corrected chi connectivity index (χ0v) is 75.9. The topological polar surface area (TPSA) is 835 Å². The summed E-state index contributed by atoms with van der Waals surface area (Å²) in [4.78, 5) is 0. The molecular weight excluding hydrogens is 2190 g/mol. The van der Waals surface area contributed by atoms with Crippen molar-refractivity contribution < 1.29 is 260 Å². The molecule has 0 aliphatic carbocycles. The third-order valence-corrected chi connectivity index (χ3v) is 37.6. The standard InChI is InChI=1S/C13H12O6S2.C7H9NO5S2.C5H2F10O6S2.C4H8Cl2O10S4.C3H7ClO6S2.C3H6F2O6S2.C2H6O6S2.CH6N2O4S2/c14-20(15,18-12-7-3-1-4-8-12)11-21(16,17)19-13-9-5-2-6-10-13;8-14(9,10)6-15(11,12)13-7-4-2-1-3-5-7;6-2(7,8)4(12,13)20-22(16,17)1-23(18,19)21-5(14,15)3(9,10)11;5-17(7,8)3-19(11,12)15-1-2-16-20(13,14)4-18(6,9)10;4-11(6,7)3-12(8,9)10-2-1-5;1-10-12(6,7)3(4,5)13(8,9)11-2;1-8-10(6,7)2-9(3,4)5;2-8(4,5)1-9(3,6)7/h1-10H,11H2;1-5H,6H2,(H2,8,9,10);1H2;1-4H2;5H,1-3H2;1-2H3;2H2,1H3,(H,3,4,5);1H2,(H2,2,4,5)(H2,3,6,7). The van der Waals surface area contributed by atoms with Crippen molar-refractivity contribution in [2.75, 3.05) is 88.4 Å². The summed E-state index contributed by atoms with van der Waals surface area (Å²) in [5, 5.41) is 8.81. The normalized spacial score (nSPS) is 13.7. The number of benzene rings is 3. The van der Waals surface area contributed by atoms with Crippen LogP contribution < -0.4 is 28.0 Å². The van der Waals surface area contributed by atoms with Crippen molar-refractivity contribution in [3.05, 3.63) is 91.0 Å². The molecule has 0 radical (unpaired) electrons. The highest BCUT2D eigenvalue weighted by Crippen LogP contribution is 2.40. The second-order valence-electron chi connectivity index (χ2n) is 19.6. The van der Waals surface area contributed by atoms with Crippen LogP contribution >= 0.6 is 32.0 Å². The molecule has 123 heavy (non-hydrogen) atoms. The van der Waals surface area contributed by atoms with Gasteiger partial charge in [0.1, 0.15) is 17.2 Å². The monoisotopic (exact) mass is 2250 g/mol. The van der Waals surface area contributed by atoms with Crippen LogP contribution in [-0.2, 0) is 212 Å². The van der Waals surface area contributed by atoms with Gasteiger partial charge in [-0.05, 0) is 36.4 Å². The number of para-hydroxylation sites is 3. The van der Waals surface area contributed by atoms with Crippen molar-refractivity contribution >= 4 is 211 Å². The SMILES string of the molecule is COS(=O)(=O)C(F)(F)S(=O)(=O)OC.COS(=O)(=O)CS(=O)(=O)O.NS(=O)(=O)CS(=O)(=O)Oc1ccccc1.NS(=O)(=O)CS(N)(=O)=O.O=S(=O)(CS(=O)(=O)OC(F)(F)C(F)(F)F)OC(F)(F)C(F)(F)F.O=S(=O)(CS(=O)(=O)Oc1ccccc1)Oc1ccccc1.O=S(=O)(Cl)CS(=O)(=O)OCCO.O=S(=O)(Cl)CS(=O)(=O)OCCOS(=O)(=O)CS(=O)(=O)Cl. The van der Waals surface area contributed by atoms with Crippen molar-refractivity contribution in [1.82, 2.24) is 0 Å². The van der Waals surface area contributed by atoms with Gasteiger partial charge in [0.2, 0.25) is 77.6 Å². The maximum atomic E-state index is 12.6. The van der Waals surface area contributed by atoms with Crippen molar-refractivity contribution in [3.8, 4) is 17.2 Å². The first-order valence-corrected chi connectivity index (χ1v) is 58.3. The van der Waals surface area contributed by atoms with E-state index in [1.807, 2.05) is 0 Å². The molecule has 3 rings (SSSR count). The Balaban J connectivity index is -0.000000439. The highest BCUT2D eigenvalue weighted by Gasteiger charge is 2.65. The minimum atomic E-state index is -6.65. The fourth-order valence-corrected chi connectivity index (χ4v) is 26.6. The molecule has 0 unspecified atom stereocenters. The van der Waals surface area contributed by atoms with E-state index >= 15 is 0 Å². The van der Waals surface area contributed by atoms with E-state index in [2.05, 4.69) is 93.5 Å². The molecule has 0 heterocycles. The Labute approximate surface area is 705 Å². The predicted molar refractivity (Wildman–Crippen MR) is 389 cm³/mol. The van der Waals surface area contributed by atoms with Gasteiger partial charge in [-0.1, -0.05) is 54.6 Å². The molecule has 8 N–H and O–H groups in total. The van der Waals surface area contributed by atoms with Crippen LogP contribution in [0.1, 0.15) is 0 Å². The number of aliphatic hydroxyl groups excluding tert-OH is 1. The number of rotatable bonds is 39. The second kappa shape index (κ2) is 49.1. The Kier molecular flexibility index (Phi) is 50.7. The molecule has 0 atom stereocenters. The maximum Gasteiger partial charge on any atom is 0.496 e. The van der Waals surface area contributed by atoms with E-state index < -0.39 is 275 Å². The minimum absolute atomic E-state index is 0.0346. The average molecular weight is 2250 g/mol. The van der Waals surface area contributed by atoms with Crippen molar-refractivity contribution in [2.24, 2.45) is 15.4 Å². The zero-order chi connectivity index (χ0) is 99.1. The molecule has 0 aromatic heterocycles. The quantitative estimate of drug-likeness (QED) is 0.0123. The molecule has 0 bridgehead atoms. The lowest BCUT2D eigenvalue weighted by atomic mass is 10.3. The summed E-state index contributed by atoms with van der Waals surface area (Å²) in [5.41, 5.74) is 0. The van der Waals surface area contributed by atoms with Crippen LogP contribution in [0.3, 0.4) is 0 Å². The molecule has 0 amide bonds. The lowest BCUT2D eigenvalue weighted by Crippen LogP contribution is -2.44. The lowest BCUT2D eigenvalue weighted by Gasteiger charge is -2.20. The van der Waals surface area contributed by atoms with E-state index in [9.17, 15) is 204 Å². The van der Waals surface area contributed by atoms with Gasteiger partial charge in [0, 0.05) is 32.0 Å². The van der Waals surface area contributed by atoms with Crippen LogP contribution in [0.25, 0.3) is 0 Å². The number of hydrogen-bond acceptors (Lipinski definition) is 48. The van der Waals surface area contributed by atoms with Crippen molar-refractivity contribution in [1.29, 1.82) is 0 Å². The van der Waals surface area contributed by atoms with Gasteiger partial charge in [-0.25, -0.2) is 65.9 Å². The van der Waals surface area contributed by atoms with E-state index in [-0.39, 0.29) is 17.2 Å². The minimum Gasteiger partial charge on any atom is -0.394 e. The molecule has 0 aliphatic heterocycles. The number of hydrogen-bond donors (Lipinski definition) is 5. The predicted octanol–water partition coefficient (Wildman–Crippen LogP) is -3.25. The number of halogens is 15. The first kappa shape index (κ1) is 127. The second-order valence-corrected chi connectivity index (χ2v) is 55.4. The summed E-state index contributed by atoms with van der Waals surface area (Å²) in [7, 11) is -68.1. The molecule has 3 aromatic rings. The summed E-state index contributed by atoms with van der Waals surface area (Å²) >= 11 is 0. The molecule has 0 spiro atoms. The van der Waals surface area contributed by atoms with Gasteiger partial charge >= 0.3 is 79.7 Å². The summed E-state index contributed by atoms with van der Waals surface area (Å²) in [6.07, 6.45) is -26.2. The average Bonchev–Trinajstić information content (AvgIpc) is 0.779. The lowest BCUT2D eigenvalue weighted by molar-refractivity contribution is -0.360. The highest BCUT2D eigenvalue weighted by atomic mass is 35.7. The molecule has 0 aliphatic rings. The zero-order valence-electron chi connectivity index (χ0n) is 59.0. The van der Waals surface area contributed by atoms with E-state index in [0.717, 1.165) is 7.11 Å². The van der Waals surface area contributed by atoms with Crippen LogP contribution in [0.15, 0.2) is 91.0 Å². The number of nitrogens with two attached hydrogens (primary N) is 3. The highest BCUT2D eigenvalue weighted by molar-refractivity contribution is 8.21. The Hall–Kier alpha value is -4.33. The smallest absolute Gasteiger partial charge is 0.394 e. The molecule has 0 fully saturated rings. The van der Waals surface area contributed by atoms with Crippen molar-refractivity contribution in [2.45, 2.75) is 29.2 Å². The Morgan fingerprint density at radius 3 is 0.707 bits per heavy atom. The van der Waals surface area contributed by atoms with Crippen LogP contribution in [0.5, 0.6) is 17.2 Å². The summed E-state index contributed by atoms with van der Waals surface area (Å²) in [6, 6.07) is 22.8. The molecule has 730 valence electrons. The van der Waals surface area contributed by atoms with E-state index in [1.54, 1.807) is 54.6 Å². The molecule has 85 heteroatoms.